The van der Waals surface area contributed by atoms with Crippen molar-refractivity contribution < 1.29 is 0 Å². The first-order valence-corrected chi connectivity index (χ1v) is 5.27. The second kappa shape index (κ2) is 3.51. The van der Waals surface area contributed by atoms with Crippen molar-refractivity contribution in [3.05, 3.63) is 48.3 Å². The van der Waals surface area contributed by atoms with Crippen LogP contribution in [-0.4, -0.2) is 16.3 Å². The summed E-state index contributed by atoms with van der Waals surface area (Å²) in [6, 6.07) is 10.7. The zero-order chi connectivity index (χ0) is 10.1. The molecule has 0 bridgehead atoms. The molecule has 15 heavy (non-hydrogen) atoms. The molecule has 2 aromatic rings. The van der Waals surface area contributed by atoms with E-state index < -0.39 is 0 Å². The summed E-state index contributed by atoms with van der Waals surface area (Å²) in [6.45, 7) is 1.13. The summed E-state index contributed by atoms with van der Waals surface area (Å²) >= 11 is 0. The zero-order valence-electron chi connectivity index (χ0n) is 8.43. The molecule has 0 spiro atoms. The molecule has 3 nitrogen and oxygen atoms in total. The summed E-state index contributed by atoms with van der Waals surface area (Å²) in [4.78, 5) is 0. The Morgan fingerprint density at radius 2 is 2.07 bits per heavy atom. The SMILES string of the molecule is c1ccc(-n2cc(C3CCN3)cn2)cc1. The summed E-state index contributed by atoms with van der Waals surface area (Å²) < 4.78 is 1.93. The minimum Gasteiger partial charge on any atom is -0.310 e. The van der Waals surface area contributed by atoms with Crippen LogP contribution in [0.2, 0.25) is 0 Å². The molecule has 1 N–H and O–H groups in total. The minimum atomic E-state index is 0.516. The van der Waals surface area contributed by atoms with E-state index in [-0.39, 0.29) is 0 Å². The Labute approximate surface area is 88.7 Å². The molecule has 3 rings (SSSR count). The normalized spacial score (nSPS) is 19.9. The van der Waals surface area contributed by atoms with Crippen molar-refractivity contribution in [2.75, 3.05) is 6.54 Å². The number of hydrogen-bond acceptors (Lipinski definition) is 2. The molecule has 0 aliphatic carbocycles. The van der Waals surface area contributed by atoms with Crippen molar-refractivity contribution in [3.63, 3.8) is 0 Å². The molecule has 3 heteroatoms. The van der Waals surface area contributed by atoms with E-state index in [9.17, 15) is 0 Å². The quantitative estimate of drug-likeness (QED) is 0.800. The van der Waals surface area contributed by atoms with Gasteiger partial charge < -0.3 is 5.32 Å². The monoisotopic (exact) mass is 199 g/mol. The van der Waals surface area contributed by atoms with Crippen molar-refractivity contribution >= 4 is 0 Å². The van der Waals surface area contributed by atoms with Crippen LogP contribution in [0.15, 0.2) is 42.7 Å². The minimum absolute atomic E-state index is 0.516. The van der Waals surface area contributed by atoms with Gasteiger partial charge in [-0.25, -0.2) is 4.68 Å². The Hall–Kier alpha value is -1.61. The highest BCUT2D eigenvalue weighted by Crippen LogP contribution is 2.22. The van der Waals surface area contributed by atoms with Crippen LogP contribution >= 0.6 is 0 Å². The Morgan fingerprint density at radius 1 is 1.27 bits per heavy atom. The third-order valence-corrected chi connectivity index (χ3v) is 2.85. The molecule has 1 aromatic carbocycles. The Balaban J connectivity index is 1.90. The number of rotatable bonds is 2. The Kier molecular flexibility index (Phi) is 2.03. The fourth-order valence-electron chi connectivity index (χ4n) is 1.81. The van der Waals surface area contributed by atoms with Crippen molar-refractivity contribution in [1.29, 1.82) is 0 Å². The standard InChI is InChI=1S/C12H13N3/c1-2-4-11(5-3-1)15-9-10(8-14-15)12-6-7-13-12/h1-5,8-9,12-13H,6-7H2. The summed E-state index contributed by atoms with van der Waals surface area (Å²) in [7, 11) is 0. The lowest BCUT2D eigenvalue weighted by Crippen LogP contribution is -2.34. The molecule has 1 aliphatic rings. The highest BCUT2D eigenvalue weighted by molar-refractivity contribution is 5.31. The van der Waals surface area contributed by atoms with Gasteiger partial charge in [0, 0.05) is 17.8 Å². The summed E-state index contributed by atoms with van der Waals surface area (Å²) in [6.07, 6.45) is 5.27. The van der Waals surface area contributed by atoms with Crippen molar-refractivity contribution in [2.45, 2.75) is 12.5 Å². The lowest BCUT2D eigenvalue weighted by Gasteiger charge is -2.26. The summed E-state index contributed by atoms with van der Waals surface area (Å²) in [5.74, 6) is 0. The van der Waals surface area contributed by atoms with Gasteiger partial charge in [0.15, 0.2) is 0 Å². The van der Waals surface area contributed by atoms with Crippen LogP contribution in [0.5, 0.6) is 0 Å². The van der Waals surface area contributed by atoms with E-state index in [0.29, 0.717) is 6.04 Å². The van der Waals surface area contributed by atoms with Crippen LogP contribution in [-0.2, 0) is 0 Å². The molecule has 1 atom stereocenters. The van der Waals surface area contributed by atoms with Gasteiger partial charge in [0.05, 0.1) is 11.9 Å². The van der Waals surface area contributed by atoms with Gasteiger partial charge in [0.1, 0.15) is 0 Å². The number of para-hydroxylation sites is 1. The van der Waals surface area contributed by atoms with Gasteiger partial charge in [0.2, 0.25) is 0 Å². The lowest BCUT2D eigenvalue weighted by molar-refractivity contribution is 0.383. The van der Waals surface area contributed by atoms with E-state index in [2.05, 4.69) is 28.7 Å². The molecular formula is C12H13N3. The molecule has 2 heterocycles. The first kappa shape index (κ1) is 8.68. The van der Waals surface area contributed by atoms with E-state index in [1.165, 1.54) is 12.0 Å². The lowest BCUT2D eigenvalue weighted by atomic mass is 10.0. The van der Waals surface area contributed by atoms with Crippen LogP contribution in [0.4, 0.5) is 0 Å². The highest BCUT2D eigenvalue weighted by atomic mass is 15.3. The van der Waals surface area contributed by atoms with E-state index >= 15 is 0 Å². The van der Waals surface area contributed by atoms with Crippen LogP contribution in [0.1, 0.15) is 18.0 Å². The molecule has 0 saturated carbocycles. The van der Waals surface area contributed by atoms with Crippen LogP contribution < -0.4 is 5.32 Å². The average Bonchev–Trinajstić information content (AvgIpc) is 2.66. The second-order valence-electron chi connectivity index (χ2n) is 3.85. The summed E-state index contributed by atoms with van der Waals surface area (Å²) in [5.41, 5.74) is 2.40. The van der Waals surface area contributed by atoms with E-state index in [4.69, 9.17) is 0 Å². The molecular weight excluding hydrogens is 186 g/mol. The number of nitrogens with zero attached hydrogens (tertiary/aromatic N) is 2. The number of aromatic nitrogens is 2. The number of hydrogen-bond donors (Lipinski definition) is 1. The summed E-state index contributed by atoms with van der Waals surface area (Å²) in [5, 5.41) is 7.74. The number of nitrogens with one attached hydrogen (secondary N) is 1. The van der Waals surface area contributed by atoms with Gasteiger partial charge >= 0.3 is 0 Å². The number of benzene rings is 1. The van der Waals surface area contributed by atoms with Gasteiger partial charge in [0.25, 0.3) is 0 Å². The molecule has 0 radical (unpaired) electrons. The van der Waals surface area contributed by atoms with Crippen molar-refractivity contribution in [1.82, 2.24) is 15.1 Å². The molecule has 1 saturated heterocycles. The maximum Gasteiger partial charge on any atom is 0.0645 e. The van der Waals surface area contributed by atoms with Crippen LogP contribution in [0.3, 0.4) is 0 Å². The molecule has 1 unspecified atom stereocenters. The van der Waals surface area contributed by atoms with Crippen LogP contribution in [0, 0.1) is 0 Å². The fraction of sp³-hybridized carbons (Fsp3) is 0.250. The molecule has 1 fully saturated rings. The first-order valence-electron chi connectivity index (χ1n) is 5.27. The van der Waals surface area contributed by atoms with Gasteiger partial charge in [-0.05, 0) is 25.1 Å². The van der Waals surface area contributed by atoms with Gasteiger partial charge in [-0.3, -0.25) is 0 Å². The van der Waals surface area contributed by atoms with Crippen molar-refractivity contribution in [3.8, 4) is 5.69 Å². The molecule has 1 aliphatic heterocycles. The van der Waals surface area contributed by atoms with E-state index in [1.54, 1.807) is 0 Å². The Morgan fingerprint density at radius 3 is 2.73 bits per heavy atom. The third-order valence-electron chi connectivity index (χ3n) is 2.85. The van der Waals surface area contributed by atoms with Gasteiger partial charge in [-0.2, -0.15) is 5.10 Å². The third kappa shape index (κ3) is 1.55. The van der Waals surface area contributed by atoms with Crippen molar-refractivity contribution in [2.24, 2.45) is 0 Å². The molecule has 1 aromatic heterocycles. The smallest absolute Gasteiger partial charge is 0.0645 e. The maximum absolute atomic E-state index is 4.37. The zero-order valence-corrected chi connectivity index (χ0v) is 8.43. The average molecular weight is 199 g/mol. The predicted molar refractivity (Wildman–Crippen MR) is 58.9 cm³/mol. The second-order valence-corrected chi connectivity index (χ2v) is 3.85. The molecule has 0 amide bonds. The van der Waals surface area contributed by atoms with E-state index in [1.807, 2.05) is 29.1 Å². The fourth-order valence-corrected chi connectivity index (χ4v) is 1.81. The van der Waals surface area contributed by atoms with E-state index in [0.717, 1.165) is 12.2 Å². The predicted octanol–water partition coefficient (Wildman–Crippen LogP) is 1.91. The first-order chi connectivity index (χ1) is 7.43. The molecule has 76 valence electrons. The Bertz CT molecular complexity index is 443. The van der Waals surface area contributed by atoms with Gasteiger partial charge in [-0.15, -0.1) is 0 Å². The van der Waals surface area contributed by atoms with Crippen LogP contribution in [0.25, 0.3) is 5.69 Å². The highest BCUT2D eigenvalue weighted by Gasteiger charge is 2.19. The van der Waals surface area contributed by atoms with Gasteiger partial charge in [-0.1, -0.05) is 18.2 Å². The maximum atomic E-state index is 4.37. The largest absolute Gasteiger partial charge is 0.310 e. The topological polar surface area (TPSA) is 29.9 Å².